The maximum atomic E-state index is 11.8. The predicted molar refractivity (Wildman–Crippen MR) is 76.0 cm³/mol. The molecule has 0 aromatic rings. The van der Waals surface area contributed by atoms with Crippen LogP contribution in [0.15, 0.2) is 0 Å². The van der Waals surface area contributed by atoms with E-state index < -0.39 is 17.0 Å². The normalized spacial score (nSPS) is 19.4. The molecule has 1 heterocycles. The van der Waals surface area contributed by atoms with Gasteiger partial charge in [-0.25, -0.2) is 4.79 Å². The number of halogens is 1. The molecule has 6 heteroatoms. The Hall–Kier alpha value is -0.530. The number of aliphatic carboxylic acids is 1. The van der Waals surface area contributed by atoms with Crippen molar-refractivity contribution in [1.82, 2.24) is 4.90 Å². The Morgan fingerprint density at radius 3 is 2.17 bits per heavy atom. The first-order valence-corrected chi connectivity index (χ1v) is 7.50. The van der Waals surface area contributed by atoms with Crippen molar-refractivity contribution in [2.24, 2.45) is 5.41 Å². The van der Waals surface area contributed by atoms with Crippen LogP contribution in [0.2, 0.25) is 0 Å². The molecule has 0 radical (unpaired) electrons. The first kappa shape index (κ1) is 15.5. The van der Waals surface area contributed by atoms with Gasteiger partial charge in [0.2, 0.25) is 0 Å². The van der Waals surface area contributed by atoms with E-state index in [1.807, 2.05) is 20.8 Å². The number of nitrogens with zero attached hydrogens (tertiary/aromatic N) is 1. The molecular formula is C12H20INO4. The van der Waals surface area contributed by atoms with Crippen LogP contribution < -0.4 is 0 Å². The highest BCUT2D eigenvalue weighted by Crippen LogP contribution is 2.34. The lowest BCUT2D eigenvalue weighted by atomic mass is 9.80. The summed E-state index contributed by atoms with van der Waals surface area (Å²) < 4.78 is 5.85. The fourth-order valence-electron chi connectivity index (χ4n) is 1.85. The van der Waals surface area contributed by atoms with E-state index in [1.165, 1.54) is 0 Å². The van der Waals surface area contributed by atoms with E-state index in [-0.39, 0.29) is 6.09 Å². The summed E-state index contributed by atoms with van der Waals surface area (Å²) in [4.78, 5) is 24.7. The van der Waals surface area contributed by atoms with Crippen LogP contribution in [0.25, 0.3) is 0 Å². The molecule has 1 fully saturated rings. The van der Waals surface area contributed by atoms with Crippen LogP contribution in [0, 0.1) is 5.41 Å². The van der Waals surface area contributed by atoms with E-state index in [0.717, 1.165) is 0 Å². The molecule has 0 aromatic heterocycles. The summed E-state index contributed by atoms with van der Waals surface area (Å²) in [5.41, 5.74) is -1.19. The molecule has 1 aliphatic rings. The zero-order chi connectivity index (χ0) is 14.0. The van der Waals surface area contributed by atoms with Crippen LogP contribution in [-0.4, -0.2) is 45.2 Å². The van der Waals surface area contributed by atoms with E-state index in [9.17, 15) is 14.7 Å². The van der Waals surface area contributed by atoms with Crippen molar-refractivity contribution in [3.8, 4) is 0 Å². The third-order valence-corrected chi connectivity index (χ3v) is 4.54. The minimum atomic E-state index is -0.763. The number of hydrogen-bond acceptors (Lipinski definition) is 3. The largest absolute Gasteiger partial charge is 0.481 e. The number of alkyl halides is 1. The summed E-state index contributed by atoms with van der Waals surface area (Å²) in [5, 5.41) is 9.26. The van der Waals surface area contributed by atoms with E-state index in [2.05, 4.69) is 22.6 Å². The molecule has 1 aliphatic heterocycles. The maximum absolute atomic E-state index is 11.8. The molecule has 0 atom stereocenters. The van der Waals surface area contributed by atoms with E-state index in [4.69, 9.17) is 4.74 Å². The van der Waals surface area contributed by atoms with Crippen molar-refractivity contribution >= 4 is 34.7 Å². The van der Waals surface area contributed by atoms with Gasteiger partial charge in [-0.15, -0.1) is 0 Å². The summed E-state index contributed by atoms with van der Waals surface area (Å²) >= 11 is 2.11. The van der Waals surface area contributed by atoms with Crippen molar-refractivity contribution in [2.45, 2.75) is 39.2 Å². The quantitative estimate of drug-likeness (QED) is 0.600. The van der Waals surface area contributed by atoms with Crippen LogP contribution in [-0.2, 0) is 9.53 Å². The van der Waals surface area contributed by atoms with Crippen LogP contribution in [0.4, 0.5) is 4.79 Å². The highest BCUT2D eigenvalue weighted by Gasteiger charge is 2.42. The first-order chi connectivity index (χ1) is 8.20. The summed E-state index contributed by atoms with van der Waals surface area (Å²) in [5.74, 6) is -0.763. The van der Waals surface area contributed by atoms with E-state index >= 15 is 0 Å². The molecule has 0 aromatic carbocycles. The van der Waals surface area contributed by atoms with Crippen molar-refractivity contribution in [2.75, 3.05) is 17.5 Å². The fourth-order valence-corrected chi connectivity index (χ4v) is 2.94. The second kappa shape index (κ2) is 5.63. The van der Waals surface area contributed by atoms with Gasteiger partial charge in [-0.1, -0.05) is 22.6 Å². The SMILES string of the molecule is CC(C)(C)OC(=O)N1CCC(CI)(C(=O)O)CC1. The van der Waals surface area contributed by atoms with Gasteiger partial charge in [-0.05, 0) is 33.6 Å². The van der Waals surface area contributed by atoms with Crippen LogP contribution in [0.3, 0.4) is 0 Å². The zero-order valence-corrected chi connectivity index (χ0v) is 13.2. The number of carbonyl (C=O) groups excluding carboxylic acids is 1. The van der Waals surface area contributed by atoms with Crippen LogP contribution >= 0.6 is 22.6 Å². The van der Waals surface area contributed by atoms with E-state index in [1.54, 1.807) is 4.90 Å². The number of likely N-dealkylation sites (tertiary alicyclic amines) is 1. The van der Waals surface area contributed by atoms with Gasteiger partial charge in [-0.2, -0.15) is 0 Å². The topological polar surface area (TPSA) is 66.8 Å². The number of carbonyl (C=O) groups is 2. The minimum absolute atomic E-state index is 0.352. The highest BCUT2D eigenvalue weighted by atomic mass is 127. The van der Waals surface area contributed by atoms with Crippen molar-refractivity contribution in [3.63, 3.8) is 0 Å². The highest BCUT2D eigenvalue weighted by molar-refractivity contribution is 14.1. The number of amides is 1. The average Bonchev–Trinajstić information content (AvgIpc) is 2.26. The minimum Gasteiger partial charge on any atom is -0.481 e. The molecule has 18 heavy (non-hydrogen) atoms. The molecule has 0 unspecified atom stereocenters. The van der Waals surface area contributed by atoms with Gasteiger partial charge in [0, 0.05) is 17.5 Å². The molecule has 0 saturated carbocycles. The zero-order valence-electron chi connectivity index (χ0n) is 11.0. The standard InChI is InChI=1S/C12H20INO4/c1-11(2,3)18-10(17)14-6-4-12(8-13,5-7-14)9(15)16/h4-8H2,1-3H3,(H,15,16). The fraction of sp³-hybridized carbons (Fsp3) is 0.833. The first-order valence-electron chi connectivity index (χ1n) is 5.97. The van der Waals surface area contributed by atoms with Gasteiger partial charge >= 0.3 is 12.1 Å². The average molecular weight is 369 g/mol. The van der Waals surface area contributed by atoms with Crippen molar-refractivity contribution in [1.29, 1.82) is 0 Å². The van der Waals surface area contributed by atoms with Crippen LogP contribution in [0.1, 0.15) is 33.6 Å². The predicted octanol–water partition coefficient (Wildman–Crippen LogP) is 2.52. The Balaban J connectivity index is 2.58. The van der Waals surface area contributed by atoms with Gasteiger partial charge in [-0.3, -0.25) is 4.79 Å². The van der Waals surface area contributed by atoms with Crippen LogP contribution in [0.5, 0.6) is 0 Å². The molecular weight excluding hydrogens is 349 g/mol. The molecule has 0 spiro atoms. The smallest absolute Gasteiger partial charge is 0.410 e. The molecule has 1 rings (SSSR count). The van der Waals surface area contributed by atoms with Gasteiger partial charge in [0.1, 0.15) is 5.60 Å². The number of rotatable bonds is 2. The summed E-state index contributed by atoms with van der Waals surface area (Å²) in [6.07, 6.45) is 0.629. The Kier molecular flexibility index (Phi) is 4.85. The van der Waals surface area contributed by atoms with Gasteiger partial charge in [0.15, 0.2) is 0 Å². The third kappa shape index (κ3) is 3.73. The molecule has 5 nitrogen and oxygen atoms in total. The van der Waals surface area contributed by atoms with Crippen molar-refractivity contribution in [3.05, 3.63) is 0 Å². The molecule has 104 valence electrons. The molecule has 1 amide bonds. The lowest BCUT2D eigenvalue weighted by molar-refractivity contribution is -0.150. The maximum Gasteiger partial charge on any atom is 0.410 e. The van der Waals surface area contributed by atoms with Gasteiger partial charge in [0.25, 0.3) is 0 Å². The van der Waals surface area contributed by atoms with Crippen molar-refractivity contribution < 1.29 is 19.4 Å². The monoisotopic (exact) mass is 369 g/mol. The number of piperidine rings is 1. The molecule has 1 saturated heterocycles. The number of carboxylic acid groups (broad SMARTS) is 1. The van der Waals surface area contributed by atoms with E-state index in [0.29, 0.717) is 30.4 Å². The van der Waals surface area contributed by atoms with Gasteiger partial charge < -0.3 is 14.7 Å². The Morgan fingerprint density at radius 2 is 1.83 bits per heavy atom. The number of carboxylic acids is 1. The second-order valence-electron chi connectivity index (χ2n) is 5.69. The van der Waals surface area contributed by atoms with Gasteiger partial charge in [0.05, 0.1) is 5.41 Å². The summed E-state index contributed by atoms with van der Waals surface area (Å²) in [6, 6.07) is 0. The summed E-state index contributed by atoms with van der Waals surface area (Å²) in [7, 11) is 0. The molecule has 0 bridgehead atoms. The second-order valence-corrected chi connectivity index (χ2v) is 6.45. The third-order valence-electron chi connectivity index (χ3n) is 3.08. The summed E-state index contributed by atoms with van der Waals surface area (Å²) in [6.45, 7) is 6.36. The molecule has 1 N–H and O–H groups in total. The Labute approximate surface area is 121 Å². The molecule has 0 aliphatic carbocycles. The number of hydrogen-bond donors (Lipinski definition) is 1. The Morgan fingerprint density at radius 1 is 1.33 bits per heavy atom. The Bertz CT molecular complexity index is 329. The lowest BCUT2D eigenvalue weighted by Crippen LogP contribution is -2.48. The number of ether oxygens (including phenoxy) is 1. The lowest BCUT2D eigenvalue weighted by Gasteiger charge is -2.38.